The van der Waals surface area contributed by atoms with Gasteiger partial charge in [-0.15, -0.1) is 11.8 Å². The quantitative estimate of drug-likeness (QED) is 0.680. The zero-order chi connectivity index (χ0) is 22.4. The second-order valence-corrected chi connectivity index (χ2v) is 9.83. The molecule has 2 aromatic carbocycles. The van der Waals surface area contributed by atoms with Gasteiger partial charge in [-0.1, -0.05) is 49.4 Å². The van der Waals surface area contributed by atoms with Gasteiger partial charge in [0, 0.05) is 35.2 Å². The van der Waals surface area contributed by atoms with Crippen LogP contribution < -0.4 is 0 Å². The molecule has 0 N–H and O–H groups in total. The van der Waals surface area contributed by atoms with Gasteiger partial charge in [0.1, 0.15) is 5.70 Å². The maximum atomic E-state index is 13.5. The zero-order valence-corrected chi connectivity index (χ0v) is 19.7. The van der Waals surface area contributed by atoms with Crippen molar-refractivity contribution in [3.05, 3.63) is 76.5 Å². The molecule has 3 heterocycles. The summed E-state index contributed by atoms with van der Waals surface area (Å²) in [4.78, 5) is 29.4. The number of hydrogen-bond donors (Lipinski definition) is 0. The Labute approximate surface area is 194 Å². The fraction of sp³-hybridized carbons (Fsp3) is 0.385. The molecule has 0 bridgehead atoms. The zero-order valence-electron chi connectivity index (χ0n) is 18.9. The number of carbonyl (C=O) groups excluding carboxylic acids is 2. The molecule has 3 aliphatic heterocycles. The van der Waals surface area contributed by atoms with Gasteiger partial charge >= 0.3 is 0 Å². The average Bonchev–Trinajstić information content (AvgIpc) is 2.98. The van der Waals surface area contributed by atoms with Crippen LogP contribution >= 0.6 is 11.8 Å². The molecule has 5 nitrogen and oxygen atoms in total. The molecule has 2 atom stereocenters. The molecule has 0 spiro atoms. The highest BCUT2D eigenvalue weighted by Gasteiger charge is 2.44. The predicted molar refractivity (Wildman–Crippen MR) is 127 cm³/mol. The Kier molecular flexibility index (Phi) is 5.59. The number of nitrogens with zero attached hydrogens (tertiary/aromatic N) is 3. The third-order valence-corrected chi connectivity index (χ3v) is 8.16. The van der Waals surface area contributed by atoms with Crippen LogP contribution in [-0.4, -0.2) is 45.9 Å². The Morgan fingerprint density at radius 2 is 1.78 bits per heavy atom. The Hall–Kier alpha value is -2.57. The summed E-state index contributed by atoms with van der Waals surface area (Å²) >= 11 is 1.87. The highest BCUT2D eigenvalue weighted by Crippen LogP contribution is 2.45. The number of fused-ring (bicyclic) bond motifs is 3. The Bertz CT molecular complexity index is 1060. The highest BCUT2D eigenvalue weighted by molar-refractivity contribution is 7.98. The van der Waals surface area contributed by atoms with E-state index in [4.69, 9.17) is 0 Å². The number of benzene rings is 2. The topological polar surface area (TPSA) is 43.9 Å². The smallest absolute Gasteiger partial charge is 0.273 e. The van der Waals surface area contributed by atoms with E-state index in [1.54, 1.807) is 0 Å². The summed E-state index contributed by atoms with van der Waals surface area (Å²) < 4.78 is 0. The molecule has 0 saturated carbocycles. The van der Waals surface area contributed by atoms with Crippen molar-refractivity contribution < 1.29 is 9.59 Å². The summed E-state index contributed by atoms with van der Waals surface area (Å²) in [6.07, 6.45) is 1.31. The number of amides is 1. The van der Waals surface area contributed by atoms with Crippen molar-refractivity contribution in [2.75, 3.05) is 13.2 Å². The lowest BCUT2D eigenvalue weighted by atomic mass is 9.93. The first-order valence-corrected chi connectivity index (χ1v) is 12.4. The normalized spacial score (nSPS) is 22.3. The number of carbonyl (C=O) groups is 2. The van der Waals surface area contributed by atoms with E-state index in [9.17, 15) is 9.59 Å². The number of allylic oxidation sites excluding steroid dienone is 1. The Morgan fingerprint density at radius 3 is 2.56 bits per heavy atom. The first-order chi connectivity index (χ1) is 15.5. The highest BCUT2D eigenvalue weighted by atomic mass is 32.2. The van der Waals surface area contributed by atoms with Gasteiger partial charge in [0.15, 0.2) is 5.78 Å². The summed E-state index contributed by atoms with van der Waals surface area (Å²) in [6.45, 7) is 7.06. The molecule has 166 valence electrons. The molecule has 1 saturated heterocycles. The molecule has 0 radical (unpaired) electrons. The SMILES string of the molecule is CC[C@H](C)N1CN(C2c3ccccc3CSc3ccccc32)N2CCC(=O)C(C)=C2C1=O. The monoisotopic (exact) mass is 447 g/mol. The van der Waals surface area contributed by atoms with Crippen molar-refractivity contribution in [3.63, 3.8) is 0 Å². The molecular formula is C26H29N3O2S. The molecule has 32 heavy (non-hydrogen) atoms. The minimum atomic E-state index is -0.0225. The fourth-order valence-electron chi connectivity index (χ4n) is 4.99. The number of thioether (sulfide) groups is 1. The van der Waals surface area contributed by atoms with Crippen molar-refractivity contribution in [2.24, 2.45) is 0 Å². The Morgan fingerprint density at radius 1 is 1.06 bits per heavy atom. The van der Waals surface area contributed by atoms with Crippen LogP contribution in [0.1, 0.15) is 56.3 Å². The molecule has 6 heteroatoms. The van der Waals surface area contributed by atoms with Crippen LogP contribution in [0, 0.1) is 0 Å². The van der Waals surface area contributed by atoms with Crippen LogP contribution in [-0.2, 0) is 15.3 Å². The third-order valence-electron chi connectivity index (χ3n) is 7.02. The van der Waals surface area contributed by atoms with E-state index in [1.807, 2.05) is 23.6 Å². The van der Waals surface area contributed by atoms with Crippen molar-refractivity contribution in [1.82, 2.24) is 14.9 Å². The Balaban J connectivity index is 1.71. The van der Waals surface area contributed by atoms with Crippen molar-refractivity contribution in [3.8, 4) is 0 Å². The number of hydrogen-bond acceptors (Lipinski definition) is 5. The molecule has 1 amide bonds. The lowest BCUT2D eigenvalue weighted by Crippen LogP contribution is -2.62. The predicted octanol–water partition coefficient (Wildman–Crippen LogP) is 4.75. The van der Waals surface area contributed by atoms with E-state index < -0.39 is 0 Å². The molecule has 0 aliphatic carbocycles. The maximum absolute atomic E-state index is 13.5. The lowest BCUT2D eigenvalue weighted by Gasteiger charge is -2.52. The minimum Gasteiger partial charge on any atom is -0.320 e. The molecule has 3 aliphatic rings. The number of Topliss-reactive ketones (excluding diaryl/α,β-unsaturated/α-hetero) is 1. The summed E-state index contributed by atoms with van der Waals surface area (Å²) in [5.74, 6) is 0.977. The summed E-state index contributed by atoms with van der Waals surface area (Å²) in [5.41, 5.74) is 5.00. The van der Waals surface area contributed by atoms with Crippen LogP contribution in [0.2, 0.25) is 0 Å². The van der Waals surface area contributed by atoms with E-state index in [-0.39, 0.29) is 23.8 Å². The van der Waals surface area contributed by atoms with Gasteiger partial charge in [0.05, 0.1) is 12.7 Å². The van der Waals surface area contributed by atoms with Crippen LogP contribution in [0.5, 0.6) is 0 Å². The van der Waals surface area contributed by atoms with Crippen LogP contribution in [0.15, 0.2) is 64.7 Å². The fourth-order valence-corrected chi connectivity index (χ4v) is 6.08. The van der Waals surface area contributed by atoms with Crippen LogP contribution in [0.4, 0.5) is 0 Å². The largest absolute Gasteiger partial charge is 0.320 e. The van der Waals surface area contributed by atoms with Gasteiger partial charge in [-0.05, 0) is 43.0 Å². The molecule has 0 aromatic heterocycles. The van der Waals surface area contributed by atoms with Crippen LogP contribution in [0.25, 0.3) is 0 Å². The van der Waals surface area contributed by atoms with Gasteiger partial charge in [-0.25, -0.2) is 0 Å². The van der Waals surface area contributed by atoms with Gasteiger partial charge in [-0.3, -0.25) is 14.6 Å². The van der Waals surface area contributed by atoms with Crippen molar-refractivity contribution in [1.29, 1.82) is 0 Å². The summed E-state index contributed by atoms with van der Waals surface area (Å²) in [5, 5.41) is 4.44. The summed E-state index contributed by atoms with van der Waals surface area (Å²) in [6, 6.07) is 17.3. The molecular weight excluding hydrogens is 418 g/mol. The van der Waals surface area contributed by atoms with E-state index in [0.29, 0.717) is 30.9 Å². The second kappa shape index (κ2) is 8.41. The first kappa shape index (κ1) is 21.3. The molecule has 1 unspecified atom stereocenters. The minimum absolute atomic E-state index is 0.0203. The van der Waals surface area contributed by atoms with Gasteiger partial charge < -0.3 is 4.90 Å². The molecule has 1 fully saturated rings. The third kappa shape index (κ3) is 3.37. The lowest BCUT2D eigenvalue weighted by molar-refractivity contribution is -0.161. The standard InChI is InChI=1S/C26H29N3O2S/c1-4-17(2)27-16-29(28-14-13-22(30)18(3)24(28)26(27)31)25-20-10-6-5-9-19(20)15-32-23-12-8-7-11-21(23)25/h5-12,17,25H,4,13-16H2,1-3H3/t17-,25?/m0/s1. The van der Waals surface area contributed by atoms with Gasteiger partial charge in [0.25, 0.3) is 5.91 Å². The van der Waals surface area contributed by atoms with E-state index in [1.165, 1.54) is 21.6 Å². The van der Waals surface area contributed by atoms with E-state index in [2.05, 4.69) is 72.4 Å². The maximum Gasteiger partial charge on any atom is 0.273 e. The summed E-state index contributed by atoms with van der Waals surface area (Å²) in [7, 11) is 0. The van der Waals surface area contributed by atoms with Crippen molar-refractivity contribution >= 4 is 23.5 Å². The van der Waals surface area contributed by atoms with Crippen molar-refractivity contribution in [2.45, 2.75) is 56.3 Å². The first-order valence-electron chi connectivity index (χ1n) is 11.4. The molecule has 5 rings (SSSR count). The van der Waals surface area contributed by atoms with Gasteiger partial charge in [-0.2, -0.15) is 5.01 Å². The second-order valence-electron chi connectivity index (χ2n) is 8.81. The van der Waals surface area contributed by atoms with E-state index in [0.717, 1.165) is 12.2 Å². The average molecular weight is 448 g/mol. The van der Waals surface area contributed by atoms with Crippen LogP contribution in [0.3, 0.4) is 0 Å². The number of ketones is 1. The molecule has 2 aromatic rings. The number of rotatable bonds is 3. The van der Waals surface area contributed by atoms with Gasteiger partial charge in [0.2, 0.25) is 0 Å². The number of hydrazine groups is 1. The van der Waals surface area contributed by atoms with E-state index >= 15 is 0 Å².